The minimum Gasteiger partial charge on any atom is -0.293 e. The summed E-state index contributed by atoms with van der Waals surface area (Å²) < 4.78 is 2.47. The van der Waals surface area contributed by atoms with Gasteiger partial charge in [0.1, 0.15) is 5.82 Å². The summed E-state index contributed by atoms with van der Waals surface area (Å²) in [4.78, 5) is 10.8. The van der Waals surface area contributed by atoms with Crippen LogP contribution in [-0.2, 0) is 5.41 Å². The Kier molecular flexibility index (Phi) is 6.93. The van der Waals surface area contributed by atoms with Crippen LogP contribution >= 0.6 is 0 Å². The smallest absolute Gasteiger partial charge is 0.162 e. The van der Waals surface area contributed by atoms with E-state index in [1.54, 1.807) is 0 Å². The topological polar surface area (TPSA) is 30.7 Å². The van der Waals surface area contributed by atoms with E-state index in [-0.39, 0.29) is 0 Å². The molecule has 11 aromatic rings. The standard InChI is InChI=1S/C57H35N3/c1-4-18-36(19-5-1)39-32-33-50-45(34-39)53-43-27-11-10-26-42(43)52-44-28-14-17-31-48(44)57(46-29-15-12-24-40(46)41-25-13-16-30-47(41)57)54(52)55(53)60(50)51-35-49(37-20-6-2-7-21-37)58-56(59-51)38-22-8-3-9-23-38/h1-35H. The number of hydrogen-bond donors (Lipinski definition) is 0. The predicted octanol–water partition coefficient (Wildman–Crippen LogP) is 14.1. The van der Waals surface area contributed by atoms with Crippen molar-refractivity contribution in [3.8, 4) is 61.8 Å². The maximum absolute atomic E-state index is 5.56. The van der Waals surface area contributed by atoms with Gasteiger partial charge in [-0.1, -0.05) is 194 Å². The molecule has 3 nitrogen and oxygen atoms in total. The van der Waals surface area contributed by atoms with Crippen LogP contribution in [0.1, 0.15) is 22.3 Å². The third-order valence-electron chi connectivity index (χ3n) is 13.0. The van der Waals surface area contributed by atoms with Crippen molar-refractivity contribution >= 4 is 32.6 Å². The molecule has 0 unspecified atom stereocenters. The molecule has 13 rings (SSSR count). The van der Waals surface area contributed by atoms with Crippen molar-refractivity contribution in [2.45, 2.75) is 5.41 Å². The number of fused-ring (bicyclic) bond motifs is 17. The van der Waals surface area contributed by atoms with Gasteiger partial charge in [-0.15, -0.1) is 0 Å². The van der Waals surface area contributed by atoms with Crippen LogP contribution in [0.5, 0.6) is 0 Å². The van der Waals surface area contributed by atoms with Crippen molar-refractivity contribution in [1.29, 1.82) is 0 Å². The Morgan fingerprint density at radius 1 is 0.383 bits per heavy atom. The lowest BCUT2D eigenvalue weighted by Gasteiger charge is -2.31. The zero-order valence-electron chi connectivity index (χ0n) is 32.5. The SMILES string of the molecule is c1ccc(-c2ccc3c(c2)c2c4ccccc4c4c(c2n3-c2cc(-c3ccccc3)nc(-c3ccccc3)n2)C2(c3ccccc3-c3ccccc32)c2ccccc2-4)cc1. The quantitative estimate of drug-likeness (QED) is 0.179. The summed E-state index contributed by atoms with van der Waals surface area (Å²) in [6.45, 7) is 0. The van der Waals surface area contributed by atoms with Gasteiger partial charge in [0.15, 0.2) is 5.82 Å². The highest BCUT2D eigenvalue weighted by atomic mass is 15.1. The average Bonchev–Trinajstić information content (AvgIpc) is 3.94. The molecule has 1 spiro atoms. The third kappa shape index (κ3) is 4.44. The van der Waals surface area contributed by atoms with Crippen molar-refractivity contribution in [3.63, 3.8) is 0 Å². The maximum atomic E-state index is 5.56. The summed E-state index contributed by atoms with van der Waals surface area (Å²) in [5.74, 6) is 1.52. The van der Waals surface area contributed by atoms with E-state index in [2.05, 4.69) is 211 Å². The van der Waals surface area contributed by atoms with Gasteiger partial charge < -0.3 is 0 Å². The number of aromatic nitrogens is 3. The van der Waals surface area contributed by atoms with E-state index < -0.39 is 5.41 Å². The second-order valence-electron chi connectivity index (χ2n) is 16.0. The monoisotopic (exact) mass is 761 g/mol. The van der Waals surface area contributed by atoms with Gasteiger partial charge in [0, 0.05) is 33.5 Å². The number of benzene rings is 9. The Labute approximate surface area is 347 Å². The van der Waals surface area contributed by atoms with Gasteiger partial charge in [-0.2, -0.15) is 0 Å². The molecule has 2 aromatic heterocycles. The van der Waals surface area contributed by atoms with Crippen molar-refractivity contribution in [2.75, 3.05) is 0 Å². The minimum atomic E-state index is -0.590. The number of nitrogens with zero attached hydrogens (tertiary/aromatic N) is 3. The third-order valence-corrected chi connectivity index (χ3v) is 13.0. The summed E-state index contributed by atoms with van der Waals surface area (Å²) in [5.41, 5.74) is 17.3. The molecule has 0 saturated carbocycles. The molecule has 0 radical (unpaired) electrons. The lowest BCUT2D eigenvalue weighted by Crippen LogP contribution is -2.26. The lowest BCUT2D eigenvalue weighted by molar-refractivity contribution is 0.797. The molecule has 0 aliphatic heterocycles. The molecular weight excluding hydrogens is 727 g/mol. The van der Waals surface area contributed by atoms with E-state index in [9.17, 15) is 0 Å². The fraction of sp³-hybridized carbons (Fsp3) is 0.0175. The fourth-order valence-electron chi connectivity index (χ4n) is 10.6. The van der Waals surface area contributed by atoms with Gasteiger partial charge in [-0.25, -0.2) is 9.97 Å². The van der Waals surface area contributed by atoms with Crippen molar-refractivity contribution in [2.24, 2.45) is 0 Å². The van der Waals surface area contributed by atoms with Gasteiger partial charge >= 0.3 is 0 Å². The number of hydrogen-bond acceptors (Lipinski definition) is 2. The van der Waals surface area contributed by atoms with Crippen LogP contribution in [0.2, 0.25) is 0 Å². The first kappa shape index (κ1) is 33.1. The van der Waals surface area contributed by atoms with Gasteiger partial charge in [-0.05, 0) is 73.0 Å². The second kappa shape index (κ2) is 12.6. The highest BCUT2D eigenvalue weighted by Crippen LogP contribution is 2.66. The molecule has 278 valence electrons. The molecule has 0 fully saturated rings. The molecule has 0 saturated heterocycles. The van der Waals surface area contributed by atoms with Gasteiger partial charge in [-0.3, -0.25) is 4.57 Å². The molecule has 0 bridgehead atoms. The van der Waals surface area contributed by atoms with E-state index in [0.717, 1.165) is 28.2 Å². The van der Waals surface area contributed by atoms with E-state index in [1.807, 2.05) is 6.07 Å². The maximum Gasteiger partial charge on any atom is 0.162 e. The lowest BCUT2D eigenvalue weighted by atomic mass is 9.70. The Morgan fingerprint density at radius 2 is 0.917 bits per heavy atom. The van der Waals surface area contributed by atoms with Crippen LogP contribution in [-0.4, -0.2) is 14.5 Å². The molecule has 3 heteroatoms. The van der Waals surface area contributed by atoms with E-state index in [1.165, 1.54) is 82.7 Å². The first-order valence-electron chi connectivity index (χ1n) is 20.7. The molecule has 0 N–H and O–H groups in total. The number of rotatable bonds is 4. The molecule has 2 heterocycles. The largest absolute Gasteiger partial charge is 0.293 e. The zero-order chi connectivity index (χ0) is 39.4. The molecule has 2 aliphatic carbocycles. The van der Waals surface area contributed by atoms with Crippen LogP contribution in [0.4, 0.5) is 0 Å². The van der Waals surface area contributed by atoms with Crippen LogP contribution in [0.15, 0.2) is 212 Å². The molecule has 0 amide bonds. The highest BCUT2D eigenvalue weighted by molar-refractivity contribution is 6.28. The van der Waals surface area contributed by atoms with Gasteiger partial charge in [0.2, 0.25) is 0 Å². The second-order valence-corrected chi connectivity index (χ2v) is 16.0. The average molecular weight is 762 g/mol. The van der Waals surface area contributed by atoms with E-state index in [4.69, 9.17) is 9.97 Å². The fourth-order valence-corrected chi connectivity index (χ4v) is 10.6. The van der Waals surface area contributed by atoms with E-state index in [0.29, 0.717) is 5.82 Å². The first-order valence-corrected chi connectivity index (χ1v) is 20.7. The Bertz CT molecular complexity index is 3430. The van der Waals surface area contributed by atoms with Gasteiger partial charge in [0.05, 0.1) is 22.1 Å². The Balaban J connectivity index is 1.28. The summed E-state index contributed by atoms with van der Waals surface area (Å²) >= 11 is 0. The summed E-state index contributed by atoms with van der Waals surface area (Å²) in [6.07, 6.45) is 0. The molecule has 2 aliphatic rings. The van der Waals surface area contributed by atoms with Crippen LogP contribution in [0, 0.1) is 0 Å². The first-order chi connectivity index (χ1) is 29.8. The summed E-state index contributed by atoms with van der Waals surface area (Å²) in [5, 5.41) is 4.91. The van der Waals surface area contributed by atoms with E-state index >= 15 is 0 Å². The minimum absolute atomic E-state index is 0.590. The van der Waals surface area contributed by atoms with Crippen LogP contribution in [0.3, 0.4) is 0 Å². The van der Waals surface area contributed by atoms with Crippen molar-refractivity contribution in [1.82, 2.24) is 14.5 Å². The predicted molar refractivity (Wildman–Crippen MR) is 246 cm³/mol. The summed E-state index contributed by atoms with van der Waals surface area (Å²) in [7, 11) is 0. The molecule has 60 heavy (non-hydrogen) atoms. The molecular formula is C57H35N3. The summed E-state index contributed by atoms with van der Waals surface area (Å²) in [6, 6.07) is 77.2. The van der Waals surface area contributed by atoms with Crippen LogP contribution < -0.4 is 0 Å². The Hall–Kier alpha value is -7.88. The highest BCUT2D eigenvalue weighted by Gasteiger charge is 2.53. The van der Waals surface area contributed by atoms with Crippen LogP contribution in [0.25, 0.3) is 94.4 Å². The van der Waals surface area contributed by atoms with Gasteiger partial charge in [0.25, 0.3) is 0 Å². The Morgan fingerprint density at radius 3 is 1.58 bits per heavy atom. The van der Waals surface area contributed by atoms with Crippen molar-refractivity contribution < 1.29 is 0 Å². The zero-order valence-corrected chi connectivity index (χ0v) is 32.5. The normalized spacial score (nSPS) is 13.1. The van der Waals surface area contributed by atoms with Crippen molar-refractivity contribution in [3.05, 3.63) is 235 Å². The molecule has 9 aromatic carbocycles. The molecule has 0 atom stereocenters.